The lowest BCUT2D eigenvalue weighted by Crippen LogP contribution is -2.23. The number of rotatable bonds is 7. The summed E-state index contributed by atoms with van der Waals surface area (Å²) >= 11 is 0. The Morgan fingerprint density at radius 1 is 1.38 bits per heavy atom. The lowest BCUT2D eigenvalue weighted by Gasteiger charge is -2.13. The van der Waals surface area contributed by atoms with Crippen molar-refractivity contribution in [1.82, 2.24) is 4.90 Å². The molecule has 13 heavy (non-hydrogen) atoms. The second kappa shape index (κ2) is 14.1. The van der Waals surface area contributed by atoms with E-state index in [-0.39, 0.29) is 6.61 Å². The molecule has 0 aromatic heterocycles. The van der Waals surface area contributed by atoms with Crippen molar-refractivity contribution in [1.29, 1.82) is 0 Å². The van der Waals surface area contributed by atoms with Crippen molar-refractivity contribution in [3.63, 3.8) is 0 Å². The van der Waals surface area contributed by atoms with Gasteiger partial charge in [-0.3, -0.25) is 0 Å². The smallest absolute Gasteiger partial charge is 0.120 e. The summed E-state index contributed by atoms with van der Waals surface area (Å²) in [6, 6.07) is 0. The Bertz CT molecular complexity index is 102. The topological polar surface area (TPSA) is 29.5 Å². The molecule has 0 radical (unpaired) electrons. The van der Waals surface area contributed by atoms with E-state index in [1.165, 1.54) is 0 Å². The summed E-state index contributed by atoms with van der Waals surface area (Å²) < 4.78 is 11.2. The monoisotopic (exact) mass is 193 g/mol. The molecule has 4 heteroatoms. The largest absolute Gasteiger partial charge is 0.304 e. The van der Waals surface area contributed by atoms with Crippen LogP contribution in [-0.2, 0) is 9.74 Å². The van der Waals surface area contributed by atoms with E-state index >= 15 is 0 Å². The maximum Gasteiger partial charge on any atom is 0.120 e. The highest BCUT2D eigenvalue weighted by molar-refractivity contribution is 5.48. The fourth-order valence-corrected chi connectivity index (χ4v) is 0.747. The standard InChI is InChI=1S/C7H14FNO2.C2H6/c1-9(5-7-11-8)4-2-3-6-10;1-2/h6H,2-5,7H2,1H3;1-2H3. The minimum atomic E-state index is 0.0948. The Morgan fingerprint density at radius 3 is 2.46 bits per heavy atom. The van der Waals surface area contributed by atoms with Gasteiger partial charge in [-0.1, -0.05) is 13.8 Å². The minimum Gasteiger partial charge on any atom is -0.304 e. The van der Waals surface area contributed by atoms with Gasteiger partial charge in [-0.15, -0.1) is 0 Å². The number of aldehydes is 1. The lowest BCUT2D eigenvalue weighted by atomic mass is 10.3. The van der Waals surface area contributed by atoms with Crippen molar-refractivity contribution in [3.05, 3.63) is 0 Å². The van der Waals surface area contributed by atoms with Crippen molar-refractivity contribution < 1.29 is 14.3 Å². The molecule has 0 saturated heterocycles. The third-order valence-electron chi connectivity index (χ3n) is 1.41. The van der Waals surface area contributed by atoms with Gasteiger partial charge >= 0.3 is 0 Å². The zero-order valence-corrected chi connectivity index (χ0v) is 8.75. The van der Waals surface area contributed by atoms with E-state index in [1.54, 1.807) is 0 Å². The summed E-state index contributed by atoms with van der Waals surface area (Å²) in [6.07, 6.45) is 2.28. The summed E-state index contributed by atoms with van der Waals surface area (Å²) in [7, 11) is 1.86. The number of unbranched alkanes of at least 4 members (excludes halogenated alkanes) is 1. The van der Waals surface area contributed by atoms with Crippen molar-refractivity contribution in [2.75, 3.05) is 26.7 Å². The van der Waals surface area contributed by atoms with Crippen molar-refractivity contribution in [3.8, 4) is 0 Å². The second-order valence-electron chi connectivity index (χ2n) is 2.43. The SMILES string of the molecule is CC.CN(CCCC=O)CCOF. The molecule has 0 saturated carbocycles. The summed E-state index contributed by atoms with van der Waals surface area (Å²) in [4.78, 5) is 15.2. The van der Waals surface area contributed by atoms with Crippen LogP contribution in [0, 0.1) is 0 Å². The lowest BCUT2D eigenvalue weighted by molar-refractivity contribution is -0.135. The number of nitrogens with zero attached hydrogens (tertiary/aromatic N) is 1. The van der Waals surface area contributed by atoms with Gasteiger partial charge in [0.05, 0.1) is 0 Å². The number of hydrogen-bond acceptors (Lipinski definition) is 3. The molecule has 80 valence electrons. The van der Waals surface area contributed by atoms with Crippen LogP contribution in [-0.4, -0.2) is 37.9 Å². The van der Waals surface area contributed by atoms with E-state index in [2.05, 4.69) is 4.94 Å². The summed E-state index contributed by atoms with van der Waals surface area (Å²) in [5.74, 6) is 0. The van der Waals surface area contributed by atoms with Gasteiger partial charge in [-0.25, -0.2) is 0 Å². The van der Waals surface area contributed by atoms with Gasteiger partial charge in [0.25, 0.3) is 0 Å². The predicted molar refractivity (Wildman–Crippen MR) is 51.2 cm³/mol. The Hall–Kier alpha value is -0.480. The highest BCUT2D eigenvalue weighted by Crippen LogP contribution is 1.90. The molecule has 0 bridgehead atoms. The van der Waals surface area contributed by atoms with Crippen LogP contribution in [0.1, 0.15) is 26.7 Å². The van der Waals surface area contributed by atoms with Gasteiger partial charge in [0.15, 0.2) is 0 Å². The molecule has 0 aliphatic heterocycles. The molecule has 0 amide bonds. The third-order valence-corrected chi connectivity index (χ3v) is 1.41. The number of likely N-dealkylation sites (N-methyl/N-ethyl adjacent to an activating group) is 1. The Balaban J connectivity index is 0. The van der Waals surface area contributed by atoms with Crippen LogP contribution in [0.15, 0.2) is 0 Å². The molecule has 0 spiro atoms. The van der Waals surface area contributed by atoms with Crippen LogP contribution in [0.25, 0.3) is 0 Å². The molecule has 0 N–H and O–H groups in total. The number of halogens is 1. The maximum absolute atomic E-state index is 11.2. The van der Waals surface area contributed by atoms with Crippen LogP contribution < -0.4 is 0 Å². The molecule has 0 heterocycles. The van der Waals surface area contributed by atoms with Crippen molar-refractivity contribution in [2.24, 2.45) is 0 Å². The van der Waals surface area contributed by atoms with Crippen LogP contribution in [0.4, 0.5) is 4.53 Å². The van der Waals surface area contributed by atoms with Crippen LogP contribution in [0.3, 0.4) is 0 Å². The first-order chi connectivity index (χ1) is 6.31. The first-order valence-electron chi connectivity index (χ1n) is 4.67. The van der Waals surface area contributed by atoms with E-state index in [0.717, 1.165) is 19.3 Å². The van der Waals surface area contributed by atoms with Crippen LogP contribution >= 0.6 is 0 Å². The van der Waals surface area contributed by atoms with E-state index in [1.807, 2.05) is 25.8 Å². The van der Waals surface area contributed by atoms with Gasteiger partial charge < -0.3 is 9.69 Å². The maximum atomic E-state index is 11.2. The number of carbonyl (C=O) groups is 1. The minimum absolute atomic E-state index is 0.0948. The van der Waals surface area contributed by atoms with E-state index < -0.39 is 0 Å². The fourth-order valence-electron chi connectivity index (χ4n) is 0.747. The molecule has 0 rings (SSSR count). The zero-order chi connectivity index (χ0) is 10.5. The van der Waals surface area contributed by atoms with Crippen molar-refractivity contribution in [2.45, 2.75) is 26.7 Å². The van der Waals surface area contributed by atoms with E-state index in [9.17, 15) is 9.32 Å². The average molecular weight is 193 g/mol. The quantitative estimate of drug-likeness (QED) is 0.456. The predicted octanol–water partition coefficient (Wildman–Crippen LogP) is 1.82. The van der Waals surface area contributed by atoms with Gasteiger partial charge in [0, 0.05) is 13.0 Å². The Labute approximate surface area is 79.8 Å². The van der Waals surface area contributed by atoms with E-state index in [4.69, 9.17) is 0 Å². The molecule has 0 aromatic carbocycles. The summed E-state index contributed by atoms with van der Waals surface area (Å²) in [6.45, 7) is 5.47. The highest BCUT2D eigenvalue weighted by Gasteiger charge is 1.96. The van der Waals surface area contributed by atoms with Crippen LogP contribution in [0.2, 0.25) is 0 Å². The second-order valence-corrected chi connectivity index (χ2v) is 2.43. The fraction of sp³-hybridized carbons (Fsp3) is 0.889. The summed E-state index contributed by atoms with van der Waals surface area (Å²) in [5, 5.41) is 0. The highest BCUT2D eigenvalue weighted by atomic mass is 19.3. The number of hydrogen-bond donors (Lipinski definition) is 0. The summed E-state index contributed by atoms with van der Waals surface area (Å²) in [5.41, 5.74) is 0. The first kappa shape index (κ1) is 15.0. The Morgan fingerprint density at radius 2 is 2.00 bits per heavy atom. The average Bonchev–Trinajstić information content (AvgIpc) is 2.18. The molecule has 0 fully saturated rings. The molecular weight excluding hydrogens is 173 g/mol. The molecular formula is C9H20FNO2. The van der Waals surface area contributed by atoms with Gasteiger partial charge in [0.2, 0.25) is 0 Å². The number of carbonyl (C=O) groups excluding carboxylic acids is 1. The Kier molecular flexibility index (Phi) is 16.2. The first-order valence-corrected chi connectivity index (χ1v) is 4.67. The van der Waals surface area contributed by atoms with Crippen LogP contribution in [0.5, 0.6) is 0 Å². The van der Waals surface area contributed by atoms with Crippen molar-refractivity contribution >= 4 is 6.29 Å². The molecule has 0 unspecified atom stereocenters. The van der Waals surface area contributed by atoms with E-state index in [0.29, 0.717) is 13.0 Å². The zero-order valence-electron chi connectivity index (χ0n) is 8.75. The molecule has 0 aliphatic carbocycles. The molecule has 0 aliphatic rings. The normalized spacial score (nSPS) is 9.31. The third kappa shape index (κ3) is 14.4. The van der Waals surface area contributed by atoms with Gasteiger partial charge in [-0.2, -0.15) is 4.94 Å². The molecule has 0 aromatic rings. The molecule has 0 atom stereocenters. The van der Waals surface area contributed by atoms with Gasteiger partial charge in [0.1, 0.15) is 12.9 Å². The van der Waals surface area contributed by atoms with Gasteiger partial charge in [-0.05, 0) is 24.5 Å². The molecule has 3 nitrogen and oxygen atoms in total.